The maximum absolute atomic E-state index is 11.5. The molecule has 0 saturated carbocycles. The molecule has 0 atom stereocenters. The number of nitro benzene ring substituents is 1. The van der Waals surface area contributed by atoms with E-state index in [-0.39, 0.29) is 12.1 Å². The van der Waals surface area contributed by atoms with Crippen LogP contribution in [0.25, 0.3) is 0 Å². The van der Waals surface area contributed by atoms with Gasteiger partial charge in [0.25, 0.3) is 5.69 Å². The first kappa shape index (κ1) is 16.3. The maximum atomic E-state index is 11.5. The summed E-state index contributed by atoms with van der Waals surface area (Å²) >= 11 is 0. The number of methoxy groups -OCH3 is 2. The molecule has 0 bridgehead atoms. The summed E-state index contributed by atoms with van der Waals surface area (Å²) in [5.41, 5.74) is 0.246. The number of carbonyl (C=O) groups excluding carboxylic acids is 1. The monoisotopic (exact) mass is 317 g/mol. The minimum Gasteiger partial charge on any atom is -0.497 e. The first-order valence-corrected chi connectivity index (χ1v) is 6.69. The van der Waals surface area contributed by atoms with Crippen molar-refractivity contribution in [3.05, 3.63) is 58.1 Å². The molecule has 23 heavy (non-hydrogen) atoms. The second kappa shape index (κ2) is 7.26. The Kier molecular flexibility index (Phi) is 5.14. The molecule has 0 unspecified atom stereocenters. The zero-order valence-corrected chi connectivity index (χ0v) is 12.6. The van der Waals surface area contributed by atoms with Gasteiger partial charge in [-0.1, -0.05) is 6.07 Å². The first-order valence-electron chi connectivity index (χ1n) is 6.69. The lowest BCUT2D eigenvalue weighted by Crippen LogP contribution is -2.06. The standard InChI is InChI=1S/C16H15NO6/c1-21-13-4-3-5-14(10-13)23-15-7-6-12(17(19)20)8-11(15)9-16(18)22-2/h3-8,10H,9H2,1-2H3. The summed E-state index contributed by atoms with van der Waals surface area (Å²) in [6.07, 6.45) is -0.127. The average molecular weight is 317 g/mol. The summed E-state index contributed by atoms with van der Waals surface area (Å²) in [5, 5.41) is 10.9. The Bertz CT molecular complexity index is 728. The molecule has 2 aromatic rings. The highest BCUT2D eigenvalue weighted by atomic mass is 16.6. The Labute approximate surface area is 132 Å². The average Bonchev–Trinajstić information content (AvgIpc) is 2.56. The predicted molar refractivity (Wildman–Crippen MR) is 81.9 cm³/mol. The van der Waals surface area contributed by atoms with E-state index in [1.165, 1.54) is 32.4 Å². The van der Waals surface area contributed by atoms with Gasteiger partial charge in [0.15, 0.2) is 0 Å². The van der Waals surface area contributed by atoms with E-state index in [0.29, 0.717) is 22.8 Å². The summed E-state index contributed by atoms with van der Waals surface area (Å²) < 4.78 is 15.4. The molecule has 0 aromatic heterocycles. The molecule has 0 aliphatic rings. The number of esters is 1. The van der Waals surface area contributed by atoms with Crippen LogP contribution in [0.3, 0.4) is 0 Å². The van der Waals surface area contributed by atoms with Gasteiger partial charge in [0.1, 0.15) is 17.2 Å². The molecule has 0 N–H and O–H groups in total. The van der Waals surface area contributed by atoms with Crippen molar-refractivity contribution in [3.8, 4) is 17.2 Å². The maximum Gasteiger partial charge on any atom is 0.310 e. The second-order valence-electron chi connectivity index (χ2n) is 4.58. The van der Waals surface area contributed by atoms with Gasteiger partial charge in [0.05, 0.1) is 25.6 Å². The van der Waals surface area contributed by atoms with Crippen LogP contribution in [0.15, 0.2) is 42.5 Å². The molecule has 120 valence electrons. The third kappa shape index (κ3) is 4.19. The molecule has 0 spiro atoms. The highest BCUT2D eigenvalue weighted by Gasteiger charge is 2.16. The summed E-state index contributed by atoms with van der Waals surface area (Å²) in [7, 11) is 2.79. The lowest BCUT2D eigenvalue weighted by atomic mass is 10.1. The van der Waals surface area contributed by atoms with Crippen LogP contribution in [-0.2, 0) is 16.0 Å². The number of rotatable bonds is 6. The molecule has 0 aliphatic heterocycles. The van der Waals surface area contributed by atoms with E-state index in [0.717, 1.165) is 0 Å². The van der Waals surface area contributed by atoms with E-state index in [1.54, 1.807) is 24.3 Å². The molecular weight excluding hydrogens is 302 g/mol. The predicted octanol–water partition coefficient (Wildman–Crippen LogP) is 3.11. The number of non-ortho nitro benzene ring substituents is 1. The van der Waals surface area contributed by atoms with Crippen LogP contribution in [0.5, 0.6) is 17.2 Å². The molecule has 0 aliphatic carbocycles. The smallest absolute Gasteiger partial charge is 0.310 e. The van der Waals surface area contributed by atoms with Gasteiger partial charge < -0.3 is 14.2 Å². The number of nitrogens with zero attached hydrogens (tertiary/aromatic N) is 1. The minimum atomic E-state index is -0.532. The van der Waals surface area contributed by atoms with Gasteiger partial charge in [0.2, 0.25) is 0 Å². The molecular formula is C16H15NO6. The Balaban J connectivity index is 2.35. The van der Waals surface area contributed by atoms with E-state index >= 15 is 0 Å². The van der Waals surface area contributed by atoms with Gasteiger partial charge >= 0.3 is 5.97 Å². The Morgan fingerprint density at radius 2 is 1.87 bits per heavy atom. The van der Waals surface area contributed by atoms with Crippen molar-refractivity contribution in [3.63, 3.8) is 0 Å². The highest BCUT2D eigenvalue weighted by Crippen LogP contribution is 2.30. The molecule has 2 aromatic carbocycles. The van der Waals surface area contributed by atoms with Gasteiger partial charge in [-0.3, -0.25) is 14.9 Å². The van der Waals surface area contributed by atoms with Crippen molar-refractivity contribution < 1.29 is 23.9 Å². The molecule has 0 amide bonds. The summed E-state index contributed by atoms with van der Waals surface area (Å²) in [6, 6.07) is 11.0. The first-order chi connectivity index (χ1) is 11.0. The van der Waals surface area contributed by atoms with E-state index in [1.807, 2.05) is 0 Å². The van der Waals surface area contributed by atoms with Crippen LogP contribution >= 0.6 is 0 Å². The van der Waals surface area contributed by atoms with Crippen LogP contribution in [0, 0.1) is 10.1 Å². The molecule has 7 nitrogen and oxygen atoms in total. The van der Waals surface area contributed by atoms with Crippen LogP contribution in [0.2, 0.25) is 0 Å². The van der Waals surface area contributed by atoms with Crippen molar-refractivity contribution >= 4 is 11.7 Å². The lowest BCUT2D eigenvalue weighted by molar-refractivity contribution is -0.384. The van der Waals surface area contributed by atoms with Crippen molar-refractivity contribution in [2.45, 2.75) is 6.42 Å². The van der Waals surface area contributed by atoms with Gasteiger partial charge in [-0.05, 0) is 18.2 Å². The molecule has 0 heterocycles. The normalized spacial score (nSPS) is 10.0. The van der Waals surface area contributed by atoms with Crippen molar-refractivity contribution in [2.24, 2.45) is 0 Å². The Morgan fingerprint density at radius 3 is 2.52 bits per heavy atom. The fraction of sp³-hybridized carbons (Fsp3) is 0.188. The number of ether oxygens (including phenoxy) is 3. The summed E-state index contributed by atoms with van der Waals surface area (Å²) in [6.45, 7) is 0. The quantitative estimate of drug-likeness (QED) is 0.462. The second-order valence-corrected chi connectivity index (χ2v) is 4.58. The fourth-order valence-electron chi connectivity index (χ4n) is 1.94. The number of benzene rings is 2. The summed E-state index contributed by atoms with van der Waals surface area (Å²) in [5.74, 6) is 0.929. The van der Waals surface area contributed by atoms with E-state index in [2.05, 4.69) is 4.74 Å². The molecule has 0 saturated heterocycles. The van der Waals surface area contributed by atoms with E-state index in [4.69, 9.17) is 9.47 Å². The molecule has 7 heteroatoms. The third-order valence-electron chi connectivity index (χ3n) is 3.09. The Morgan fingerprint density at radius 1 is 1.13 bits per heavy atom. The highest BCUT2D eigenvalue weighted by molar-refractivity contribution is 5.74. The minimum absolute atomic E-state index is 0.123. The Hall–Kier alpha value is -3.09. The molecule has 2 rings (SSSR count). The zero-order chi connectivity index (χ0) is 16.8. The molecule has 0 fully saturated rings. The number of hydrogen-bond donors (Lipinski definition) is 0. The van der Waals surface area contributed by atoms with E-state index in [9.17, 15) is 14.9 Å². The van der Waals surface area contributed by atoms with Crippen LogP contribution in [-0.4, -0.2) is 25.1 Å². The molecule has 0 radical (unpaired) electrons. The van der Waals surface area contributed by atoms with Gasteiger partial charge in [-0.25, -0.2) is 0 Å². The number of carbonyl (C=O) groups is 1. The summed E-state index contributed by atoms with van der Waals surface area (Å²) in [4.78, 5) is 21.9. The number of hydrogen-bond acceptors (Lipinski definition) is 6. The van der Waals surface area contributed by atoms with E-state index < -0.39 is 10.9 Å². The lowest BCUT2D eigenvalue weighted by Gasteiger charge is -2.11. The zero-order valence-electron chi connectivity index (χ0n) is 12.6. The van der Waals surface area contributed by atoms with Gasteiger partial charge in [-0.2, -0.15) is 0 Å². The number of nitro groups is 1. The van der Waals surface area contributed by atoms with Crippen LogP contribution < -0.4 is 9.47 Å². The SMILES string of the molecule is COC(=O)Cc1cc([N+](=O)[O-])ccc1Oc1cccc(OC)c1. The van der Waals surface area contributed by atoms with Crippen molar-refractivity contribution in [1.82, 2.24) is 0 Å². The topological polar surface area (TPSA) is 87.9 Å². The van der Waals surface area contributed by atoms with Gasteiger partial charge in [-0.15, -0.1) is 0 Å². The largest absolute Gasteiger partial charge is 0.497 e. The van der Waals surface area contributed by atoms with Gasteiger partial charge in [0, 0.05) is 23.8 Å². The van der Waals surface area contributed by atoms with Crippen molar-refractivity contribution in [1.29, 1.82) is 0 Å². The fourth-order valence-corrected chi connectivity index (χ4v) is 1.94. The van der Waals surface area contributed by atoms with Crippen LogP contribution in [0.4, 0.5) is 5.69 Å². The van der Waals surface area contributed by atoms with Crippen LogP contribution in [0.1, 0.15) is 5.56 Å². The van der Waals surface area contributed by atoms with Crippen molar-refractivity contribution in [2.75, 3.05) is 14.2 Å². The third-order valence-corrected chi connectivity index (χ3v) is 3.09.